The molecule has 0 saturated heterocycles. The van der Waals surface area contributed by atoms with E-state index in [2.05, 4.69) is 0 Å². The van der Waals surface area contributed by atoms with E-state index in [-0.39, 0.29) is 0 Å². The van der Waals surface area contributed by atoms with E-state index in [0.29, 0.717) is 29.5 Å². The van der Waals surface area contributed by atoms with Gasteiger partial charge in [-0.3, -0.25) is 0 Å². The molecule has 0 spiro atoms. The Bertz CT molecular complexity index is 803. The van der Waals surface area contributed by atoms with E-state index in [1.807, 2.05) is 54.6 Å². The van der Waals surface area contributed by atoms with Gasteiger partial charge in [0.25, 0.3) is 0 Å². The monoisotopic (exact) mass is 321 g/mol. The van der Waals surface area contributed by atoms with Crippen molar-refractivity contribution in [2.24, 2.45) is 0 Å². The van der Waals surface area contributed by atoms with Crippen molar-refractivity contribution < 1.29 is 14.2 Å². The van der Waals surface area contributed by atoms with E-state index in [0.717, 1.165) is 11.3 Å². The van der Waals surface area contributed by atoms with Crippen LogP contribution in [0.3, 0.4) is 0 Å². The number of hydrogen-bond acceptors (Lipinski definition) is 4. The third-order valence-electron chi connectivity index (χ3n) is 3.50. The third-order valence-corrected chi connectivity index (χ3v) is 3.50. The van der Waals surface area contributed by atoms with Gasteiger partial charge in [0.05, 0.1) is 12.8 Å². The molecule has 0 fully saturated rings. The minimum atomic E-state index is 0.509. The summed E-state index contributed by atoms with van der Waals surface area (Å²) in [6.45, 7) is 0.509. The zero-order valence-corrected chi connectivity index (χ0v) is 13.4. The van der Waals surface area contributed by atoms with E-state index in [4.69, 9.17) is 19.9 Å². The Balaban J connectivity index is 1.69. The smallest absolute Gasteiger partial charge is 0.150 e. The van der Waals surface area contributed by atoms with E-state index in [9.17, 15) is 0 Å². The standard InChI is InChI=1S/C20H19NO3/c1-22-16-10-11-20(19(21)13-16)24-18-9-5-8-17(12-18)23-14-15-6-3-2-4-7-15/h2-13H,14,21H2,1H3. The molecular weight excluding hydrogens is 302 g/mol. The summed E-state index contributed by atoms with van der Waals surface area (Å²) in [7, 11) is 1.60. The molecular formula is C20H19NO3. The molecule has 0 unspecified atom stereocenters. The second kappa shape index (κ2) is 7.42. The van der Waals surface area contributed by atoms with Gasteiger partial charge in [0.15, 0.2) is 5.75 Å². The second-order valence-electron chi connectivity index (χ2n) is 5.25. The van der Waals surface area contributed by atoms with Crippen molar-refractivity contribution in [3.05, 3.63) is 78.4 Å². The summed E-state index contributed by atoms with van der Waals surface area (Å²) in [6, 6.07) is 22.8. The summed E-state index contributed by atoms with van der Waals surface area (Å²) in [6.07, 6.45) is 0. The van der Waals surface area contributed by atoms with Gasteiger partial charge in [-0.05, 0) is 29.8 Å². The summed E-state index contributed by atoms with van der Waals surface area (Å²) < 4.78 is 16.8. The Labute approximate surface area is 141 Å². The molecule has 0 radical (unpaired) electrons. The number of nitrogen functional groups attached to an aromatic ring is 1. The molecule has 4 heteroatoms. The van der Waals surface area contributed by atoms with Crippen LogP contribution >= 0.6 is 0 Å². The van der Waals surface area contributed by atoms with Crippen LogP contribution in [-0.2, 0) is 6.61 Å². The number of nitrogens with two attached hydrogens (primary N) is 1. The third kappa shape index (κ3) is 3.98. The summed E-state index contributed by atoms with van der Waals surface area (Å²) >= 11 is 0. The molecule has 122 valence electrons. The van der Waals surface area contributed by atoms with E-state index in [1.165, 1.54) is 0 Å². The van der Waals surface area contributed by atoms with Crippen molar-refractivity contribution in [3.8, 4) is 23.0 Å². The number of anilines is 1. The van der Waals surface area contributed by atoms with Crippen molar-refractivity contribution in [1.29, 1.82) is 0 Å². The van der Waals surface area contributed by atoms with Gasteiger partial charge in [-0.2, -0.15) is 0 Å². The van der Waals surface area contributed by atoms with Gasteiger partial charge in [0.2, 0.25) is 0 Å². The highest BCUT2D eigenvalue weighted by atomic mass is 16.5. The second-order valence-corrected chi connectivity index (χ2v) is 5.25. The van der Waals surface area contributed by atoms with Gasteiger partial charge in [0, 0.05) is 12.1 Å². The molecule has 0 aromatic heterocycles. The first kappa shape index (κ1) is 15.7. The molecule has 3 aromatic carbocycles. The topological polar surface area (TPSA) is 53.7 Å². The number of benzene rings is 3. The summed E-state index contributed by atoms with van der Waals surface area (Å²) in [5.74, 6) is 2.68. The van der Waals surface area contributed by atoms with Crippen LogP contribution in [0.2, 0.25) is 0 Å². The first-order chi connectivity index (χ1) is 11.7. The predicted octanol–water partition coefficient (Wildman–Crippen LogP) is 4.65. The lowest BCUT2D eigenvalue weighted by atomic mass is 10.2. The fourth-order valence-electron chi connectivity index (χ4n) is 2.24. The number of hydrogen-bond donors (Lipinski definition) is 1. The first-order valence-electron chi connectivity index (χ1n) is 7.63. The highest BCUT2D eigenvalue weighted by Gasteiger charge is 2.05. The maximum atomic E-state index is 5.98. The lowest BCUT2D eigenvalue weighted by Crippen LogP contribution is -1.96. The van der Waals surface area contributed by atoms with Crippen molar-refractivity contribution in [2.75, 3.05) is 12.8 Å². The summed E-state index contributed by atoms with van der Waals surface area (Å²) in [5, 5.41) is 0. The lowest BCUT2D eigenvalue weighted by Gasteiger charge is -2.11. The van der Waals surface area contributed by atoms with Crippen LogP contribution in [0.15, 0.2) is 72.8 Å². The molecule has 0 atom stereocenters. The Morgan fingerprint density at radius 2 is 1.58 bits per heavy atom. The van der Waals surface area contributed by atoms with Gasteiger partial charge in [-0.25, -0.2) is 0 Å². The molecule has 0 aliphatic carbocycles. The van der Waals surface area contributed by atoms with E-state index in [1.54, 1.807) is 25.3 Å². The van der Waals surface area contributed by atoms with Crippen LogP contribution in [0.5, 0.6) is 23.0 Å². The van der Waals surface area contributed by atoms with Gasteiger partial charge in [0.1, 0.15) is 23.9 Å². The van der Waals surface area contributed by atoms with Crippen LogP contribution < -0.4 is 19.9 Å². The Morgan fingerprint density at radius 3 is 2.33 bits per heavy atom. The predicted molar refractivity (Wildman–Crippen MR) is 94.7 cm³/mol. The summed E-state index contributed by atoms with van der Waals surface area (Å²) in [5.41, 5.74) is 7.61. The van der Waals surface area contributed by atoms with Crippen LogP contribution in [0, 0.1) is 0 Å². The maximum Gasteiger partial charge on any atom is 0.150 e. The minimum absolute atomic E-state index is 0.509. The molecule has 2 N–H and O–H groups in total. The molecule has 0 aliphatic rings. The molecule has 0 heterocycles. The zero-order chi connectivity index (χ0) is 16.8. The number of methoxy groups -OCH3 is 1. The Morgan fingerprint density at radius 1 is 0.792 bits per heavy atom. The molecule has 3 rings (SSSR count). The molecule has 4 nitrogen and oxygen atoms in total. The van der Waals surface area contributed by atoms with Crippen LogP contribution in [-0.4, -0.2) is 7.11 Å². The fraction of sp³-hybridized carbons (Fsp3) is 0.100. The van der Waals surface area contributed by atoms with Crippen LogP contribution in [0.1, 0.15) is 5.56 Å². The number of ether oxygens (including phenoxy) is 3. The quantitative estimate of drug-likeness (QED) is 0.672. The average molecular weight is 321 g/mol. The van der Waals surface area contributed by atoms with Crippen molar-refractivity contribution in [2.45, 2.75) is 6.61 Å². The lowest BCUT2D eigenvalue weighted by molar-refractivity contribution is 0.304. The summed E-state index contributed by atoms with van der Waals surface area (Å²) in [4.78, 5) is 0. The van der Waals surface area contributed by atoms with E-state index >= 15 is 0 Å². The van der Waals surface area contributed by atoms with Gasteiger partial charge in [-0.15, -0.1) is 0 Å². The van der Waals surface area contributed by atoms with Crippen LogP contribution in [0.4, 0.5) is 5.69 Å². The Kier molecular flexibility index (Phi) is 4.87. The molecule has 24 heavy (non-hydrogen) atoms. The number of rotatable bonds is 6. The molecule has 0 bridgehead atoms. The molecule has 0 saturated carbocycles. The largest absolute Gasteiger partial charge is 0.497 e. The molecule has 0 aliphatic heterocycles. The normalized spacial score (nSPS) is 10.2. The van der Waals surface area contributed by atoms with Crippen molar-refractivity contribution in [1.82, 2.24) is 0 Å². The Hall–Kier alpha value is -3.14. The van der Waals surface area contributed by atoms with Crippen LogP contribution in [0.25, 0.3) is 0 Å². The maximum absolute atomic E-state index is 5.98. The fourth-order valence-corrected chi connectivity index (χ4v) is 2.24. The van der Waals surface area contributed by atoms with E-state index < -0.39 is 0 Å². The molecule has 0 amide bonds. The van der Waals surface area contributed by atoms with Crippen molar-refractivity contribution >= 4 is 5.69 Å². The van der Waals surface area contributed by atoms with Crippen molar-refractivity contribution in [3.63, 3.8) is 0 Å². The first-order valence-corrected chi connectivity index (χ1v) is 7.63. The zero-order valence-electron chi connectivity index (χ0n) is 13.4. The van der Waals surface area contributed by atoms with Gasteiger partial charge < -0.3 is 19.9 Å². The minimum Gasteiger partial charge on any atom is -0.497 e. The SMILES string of the molecule is COc1ccc(Oc2cccc(OCc3ccccc3)c2)c(N)c1. The molecule has 3 aromatic rings. The van der Waals surface area contributed by atoms with Gasteiger partial charge >= 0.3 is 0 Å². The highest BCUT2D eigenvalue weighted by Crippen LogP contribution is 2.32. The van der Waals surface area contributed by atoms with Gasteiger partial charge in [-0.1, -0.05) is 36.4 Å². The highest BCUT2D eigenvalue weighted by molar-refractivity contribution is 5.57. The average Bonchev–Trinajstić information content (AvgIpc) is 2.63.